The van der Waals surface area contributed by atoms with Gasteiger partial charge in [-0.15, -0.1) is 24.0 Å². The average molecular weight is 556 g/mol. The minimum atomic E-state index is -4.41. The predicted molar refractivity (Wildman–Crippen MR) is 126 cm³/mol. The summed E-state index contributed by atoms with van der Waals surface area (Å²) in [6, 6.07) is 4.17. The molecule has 31 heavy (non-hydrogen) atoms. The van der Waals surface area contributed by atoms with Crippen molar-refractivity contribution in [2.45, 2.75) is 32.4 Å². The van der Waals surface area contributed by atoms with Gasteiger partial charge in [0, 0.05) is 45.5 Å². The van der Waals surface area contributed by atoms with Gasteiger partial charge < -0.3 is 20.3 Å². The third-order valence-electron chi connectivity index (χ3n) is 5.04. The molecule has 2 N–H and O–H groups in total. The quantitative estimate of drug-likeness (QED) is 0.222. The van der Waals surface area contributed by atoms with Crippen LogP contribution in [0.4, 0.5) is 13.2 Å². The Balaban J connectivity index is 0.00000480. The fraction of sp³-hybridized carbons (Fsp3) is 0.619. The maximum Gasteiger partial charge on any atom is 0.416 e. The Bertz CT molecular complexity index is 693. The van der Waals surface area contributed by atoms with Crippen molar-refractivity contribution in [3.8, 4) is 0 Å². The third-order valence-corrected chi connectivity index (χ3v) is 5.04. The summed E-state index contributed by atoms with van der Waals surface area (Å²) in [4.78, 5) is 18.7. The summed E-state index contributed by atoms with van der Waals surface area (Å²) < 4.78 is 43.2. The molecule has 0 unspecified atom stereocenters. The second-order valence-corrected chi connectivity index (χ2v) is 7.33. The summed E-state index contributed by atoms with van der Waals surface area (Å²) in [6.07, 6.45) is -1.15. The van der Waals surface area contributed by atoms with Crippen molar-refractivity contribution in [3.63, 3.8) is 0 Å². The molecule has 1 heterocycles. The predicted octanol–water partition coefficient (Wildman–Crippen LogP) is 3.77. The van der Waals surface area contributed by atoms with Crippen LogP contribution in [0.5, 0.6) is 0 Å². The van der Waals surface area contributed by atoms with Crippen molar-refractivity contribution in [1.29, 1.82) is 0 Å². The lowest BCUT2D eigenvalue weighted by atomic mass is 9.96. The van der Waals surface area contributed by atoms with Crippen molar-refractivity contribution < 1.29 is 22.7 Å². The van der Waals surface area contributed by atoms with E-state index in [-0.39, 0.29) is 29.5 Å². The van der Waals surface area contributed by atoms with E-state index in [4.69, 9.17) is 4.74 Å². The number of hydrogen-bond acceptors (Lipinski definition) is 3. The van der Waals surface area contributed by atoms with E-state index in [0.29, 0.717) is 19.0 Å². The molecule has 0 saturated carbocycles. The van der Waals surface area contributed by atoms with Crippen molar-refractivity contribution in [2.24, 2.45) is 10.9 Å². The van der Waals surface area contributed by atoms with Crippen LogP contribution in [0, 0.1) is 5.92 Å². The Morgan fingerprint density at radius 2 is 1.84 bits per heavy atom. The Kier molecular flexibility index (Phi) is 12.2. The molecule has 1 saturated heterocycles. The van der Waals surface area contributed by atoms with Gasteiger partial charge in [0.25, 0.3) is 5.91 Å². The largest absolute Gasteiger partial charge is 0.416 e. The molecular weight excluding hydrogens is 524 g/mol. The van der Waals surface area contributed by atoms with Crippen LogP contribution in [0.2, 0.25) is 0 Å². The molecule has 0 aliphatic carbocycles. The number of hydrogen-bond donors (Lipinski definition) is 2. The minimum absolute atomic E-state index is 0. The zero-order valence-electron chi connectivity index (χ0n) is 18.0. The number of ether oxygens (including phenoxy) is 1. The molecule has 1 amide bonds. The highest BCUT2D eigenvalue weighted by molar-refractivity contribution is 14.0. The Morgan fingerprint density at radius 3 is 2.42 bits per heavy atom. The Hall–Kier alpha value is -1.56. The van der Waals surface area contributed by atoms with Crippen LogP contribution in [0.15, 0.2) is 29.3 Å². The molecule has 1 aromatic rings. The summed E-state index contributed by atoms with van der Waals surface area (Å²) in [5, 5.41) is 5.93. The van der Waals surface area contributed by atoms with E-state index in [2.05, 4.69) is 20.5 Å². The molecule has 0 spiro atoms. The van der Waals surface area contributed by atoms with E-state index < -0.39 is 17.6 Å². The molecular formula is C21H32F3IN4O2. The molecule has 0 bridgehead atoms. The maximum absolute atomic E-state index is 12.6. The summed E-state index contributed by atoms with van der Waals surface area (Å²) in [6.45, 7) is 5.95. The van der Waals surface area contributed by atoms with Gasteiger partial charge in [-0.2, -0.15) is 13.2 Å². The lowest BCUT2D eigenvalue weighted by molar-refractivity contribution is -0.137. The van der Waals surface area contributed by atoms with Crippen LogP contribution >= 0.6 is 24.0 Å². The zero-order chi connectivity index (χ0) is 22.0. The fourth-order valence-electron chi connectivity index (χ4n) is 3.23. The summed E-state index contributed by atoms with van der Waals surface area (Å²) >= 11 is 0. The minimum Gasteiger partial charge on any atom is -0.381 e. The lowest BCUT2D eigenvalue weighted by Crippen LogP contribution is -2.40. The highest BCUT2D eigenvalue weighted by atomic mass is 127. The van der Waals surface area contributed by atoms with E-state index in [0.717, 1.165) is 63.7 Å². The molecule has 1 aliphatic heterocycles. The van der Waals surface area contributed by atoms with E-state index in [9.17, 15) is 18.0 Å². The van der Waals surface area contributed by atoms with E-state index in [1.54, 1.807) is 0 Å². The van der Waals surface area contributed by atoms with Gasteiger partial charge in [0.2, 0.25) is 0 Å². The van der Waals surface area contributed by atoms with E-state index >= 15 is 0 Å². The van der Waals surface area contributed by atoms with Gasteiger partial charge in [0.15, 0.2) is 5.96 Å². The SMILES string of the molecule is CCNC(=NCCNC(=O)c1ccc(C(F)(F)F)cc1)N(C)CCC1CCOCC1.I. The van der Waals surface area contributed by atoms with Crippen LogP contribution in [-0.4, -0.2) is 63.2 Å². The number of aliphatic imine (C=N–C) groups is 1. The van der Waals surface area contributed by atoms with Gasteiger partial charge in [0.05, 0.1) is 12.1 Å². The molecule has 1 aromatic carbocycles. The first-order valence-corrected chi connectivity index (χ1v) is 10.3. The molecule has 1 aliphatic rings. The van der Waals surface area contributed by atoms with Gasteiger partial charge in [-0.05, 0) is 56.4 Å². The molecule has 6 nitrogen and oxygen atoms in total. The number of alkyl halides is 3. The summed E-state index contributed by atoms with van der Waals surface area (Å²) in [7, 11) is 1.99. The molecule has 176 valence electrons. The van der Waals surface area contributed by atoms with Crippen molar-refractivity contribution in [1.82, 2.24) is 15.5 Å². The van der Waals surface area contributed by atoms with Crippen molar-refractivity contribution >= 4 is 35.8 Å². The van der Waals surface area contributed by atoms with Gasteiger partial charge >= 0.3 is 6.18 Å². The van der Waals surface area contributed by atoms with Crippen molar-refractivity contribution in [2.75, 3.05) is 46.4 Å². The normalized spacial score (nSPS) is 15.2. The smallest absolute Gasteiger partial charge is 0.381 e. The van der Waals surface area contributed by atoms with Crippen LogP contribution < -0.4 is 10.6 Å². The molecule has 0 aromatic heterocycles. The number of rotatable bonds is 8. The number of nitrogens with zero attached hydrogens (tertiary/aromatic N) is 2. The summed E-state index contributed by atoms with van der Waals surface area (Å²) in [5.41, 5.74) is -0.588. The second kappa shape index (κ2) is 13.8. The maximum atomic E-state index is 12.6. The van der Waals surface area contributed by atoms with Crippen molar-refractivity contribution in [3.05, 3.63) is 35.4 Å². The van der Waals surface area contributed by atoms with Gasteiger partial charge in [0.1, 0.15) is 0 Å². The van der Waals surface area contributed by atoms with Crippen LogP contribution in [0.1, 0.15) is 42.1 Å². The Morgan fingerprint density at radius 1 is 1.19 bits per heavy atom. The lowest BCUT2D eigenvalue weighted by Gasteiger charge is -2.26. The number of carbonyl (C=O) groups is 1. The number of amides is 1. The standard InChI is InChI=1S/C21H31F3N4O2.HI/c1-3-25-20(28(2)13-8-16-9-14-30-15-10-16)27-12-11-26-19(29)17-4-6-18(7-5-17)21(22,23)24;/h4-7,16H,3,8-15H2,1-2H3,(H,25,27)(H,26,29);1H. The number of guanidine groups is 1. The topological polar surface area (TPSA) is 66.0 Å². The number of carbonyl (C=O) groups excluding carboxylic acids is 1. The highest BCUT2D eigenvalue weighted by Crippen LogP contribution is 2.29. The molecule has 0 atom stereocenters. The van der Waals surface area contributed by atoms with Crippen LogP contribution in [0.25, 0.3) is 0 Å². The first kappa shape index (κ1) is 27.5. The van der Waals surface area contributed by atoms with Gasteiger partial charge in [-0.25, -0.2) is 0 Å². The Labute approximate surface area is 199 Å². The van der Waals surface area contributed by atoms with E-state index in [1.165, 1.54) is 12.1 Å². The molecule has 10 heteroatoms. The molecule has 1 fully saturated rings. The van der Waals surface area contributed by atoms with Gasteiger partial charge in [-0.1, -0.05) is 0 Å². The van der Waals surface area contributed by atoms with Crippen LogP contribution in [0.3, 0.4) is 0 Å². The third kappa shape index (κ3) is 9.63. The van der Waals surface area contributed by atoms with E-state index in [1.807, 2.05) is 14.0 Å². The second-order valence-electron chi connectivity index (χ2n) is 7.33. The van der Waals surface area contributed by atoms with Gasteiger partial charge in [-0.3, -0.25) is 9.79 Å². The fourth-order valence-corrected chi connectivity index (χ4v) is 3.23. The number of halogens is 4. The zero-order valence-corrected chi connectivity index (χ0v) is 20.3. The number of benzene rings is 1. The highest BCUT2D eigenvalue weighted by Gasteiger charge is 2.30. The number of nitrogens with one attached hydrogen (secondary N) is 2. The summed E-state index contributed by atoms with van der Waals surface area (Å²) in [5.74, 6) is 1.03. The molecule has 0 radical (unpaired) electrons. The first-order chi connectivity index (χ1) is 14.3. The first-order valence-electron chi connectivity index (χ1n) is 10.3. The monoisotopic (exact) mass is 556 g/mol. The molecule has 2 rings (SSSR count). The average Bonchev–Trinajstić information content (AvgIpc) is 2.74. The van der Waals surface area contributed by atoms with Crippen LogP contribution in [-0.2, 0) is 10.9 Å².